The number of rotatable bonds is 3. The lowest BCUT2D eigenvalue weighted by Crippen LogP contribution is -2.29. The van der Waals surface area contributed by atoms with Crippen LogP contribution in [0, 0.1) is 19.3 Å². The van der Waals surface area contributed by atoms with Crippen LogP contribution < -0.4 is 5.32 Å². The van der Waals surface area contributed by atoms with Crippen LogP contribution in [-0.2, 0) is 9.05 Å². The fourth-order valence-electron chi connectivity index (χ4n) is 2.15. The second-order valence-electron chi connectivity index (χ2n) is 6.07. The van der Waals surface area contributed by atoms with Crippen LogP contribution >= 0.6 is 10.7 Å². The fourth-order valence-corrected chi connectivity index (χ4v) is 3.00. The summed E-state index contributed by atoms with van der Waals surface area (Å²) < 4.78 is 22.9. The summed E-state index contributed by atoms with van der Waals surface area (Å²) >= 11 is 0. The van der Waals surface area contributed by atoms with E-state index in [0.717, 1.165) is 17.5 Å². The van der Waals surface area contributed by atoms with Gasteiger partial charge in [-0.05, 0) is 48.9 Å². The fraction of sp³-hybridized carbons (Fsp3) is 0.500. The minimum Gasteiger partial charge on any atom is -0.349 e. The summed E-state index contributed by atoms with van der Waals surface area (Å²) in [4.78, 5) is 12.2. The minimum atomic E-state index is -3.84. The van der Waals surface area contributed by atoms with Gasteiger partial charge in [-0.2, -0.15) is 0 Å². The Balaban J connectivity index is 2.36. The van der Waals surface area contributed by atoms with E-state index in [0.29, 0.717) is 5.56 Å². The van der Waals surface area contributed by atoms with Gasteiger partial charge in [0.15, 0.2) is 0 Å². The number of benzene rings is 1. The Labute approximate surface area is 123 Å². The largest absolute Gasteiger partial charge is 0.349 e. The third-order valence-electron chi connectivity index (χ3n) is 3.99. The Morgan fingerprint density at radius 1 is 1.35 bits per heavy atom. The first-order valence-corrected chi connectivity index (χ1v) is 8.70. The first-order valence-electron chi connectivity index (χ1n) is 6.39. The van der Waals surface area contributed by atoms with Gasteiger partial charge >= 0.3 is 0 Å². The molecule has 0 aliphatic heterocycles. The van der Waals surface area contributed by atoms with E-state index in [4.69, 9.17) is 10.7 Å². The van der Waals surface area contributed by atoms with E-state index in [2.05, 4.69) is 19.2 Å². The van der Waals surface area contributed by atoms with Crippen LogP contribution in [0.5, 0.6) is 0 Å². The zero-order valence-corrected chi connectivity index (χ0v) is 13.5. The summed E-state index contributed by atoms with van der Waals surface area (Å²) in [6.07, 6.45) is 0.935. The number of carbonyl (C=O) groups is 1. The van der Waals surface area contributed by atoms with Crippen LogP contribution in [0.15, 0.2) is 17.0 Å². The van der Waals surface area contributed by atoms with Crippen LogP contribution in [0.25, 0.3) is 0 Å². The maximum absolute atomic E-state index is 12.3. The quantitative estimate of drug-likeness (QED) is 0.872. The van der Waals surface area contributed by atoms with Crippen molar-refractivity contribution in [3.05, 3.63) is 28.8 Å². The number of hydrogen-bond acceptors (Lipinski definition) is 3. The molecule has 110 valence electrons. The molecule has 0 saturated heterocycles. The molecule has 1 aromatic carbocycles. The molecule has 1 aliphatic rings. The average Bonchev–Trinajstić information content (AvgIpc) is 2.87. The minimum absolute atomic E-state index is 0.0394. The average molecular weight is 316 g/mol. The van der Waals surface area contributed by atoms with Crippen molar-refractivity contribution < 1.29 is 13.2 Å². The van der Waals surface area contributed by atoms with Crippen molar-refractivity contribution in [1.29, 1.82) is 0 Å². The van der Waals surface area contributed by atoms with Crippen molar-refractivity contribution in [2.45, 2.75) is 45.1 Å². The van der Waals surface area contributed by atoms with Gasteiger partial charge in [0.1, 0.15) is 0 Å². The highest BCUT2D eigenvalue weighted by Crippen LogP contribution is 2.44. The maximum Gasteiger partial charge on any atom is 0.261 e. The molecule has 1 N–H and O–H groups in total. The number of carbonyl (C=O) groups excluding carboxylic acids is 1. The summed E-state index contributed by atoms with van der Waals surface area (Å²) in [5, 5.41) is 2.93. The lowest BCUT2D eigenvalue weighted by atomic mass is 10.0. The molecule has 1 fully saturated rings. The van der Waals surface area contributed by atoms with Gasteiger partial charge < -0.3 is 5.32 Å². The Hall–Kier alpha value is -1.07. The molecule has 6 heteroatoms. The number of nitrogens with one attached hydrogen (secondary N) is 1. The predicted octanol–water partition coefficient (Wildman–Crippen LogP) is 2.76. The van der Waals surface area contributed by atoms with Crippen LogP contribution in [0.4, 0.5) is 0 Å². The third kappa shape index (κ3) is 2.99. The summed E-state index contributed by atoms with van der Waals surface area (Å²) in [5.41, 5.74) is 1.98. The molecule has 0 heterocycles. The van der Waals surface area contributed by atoms with Gasteiger partial charge in [-0.1, -0.05) is 13.8 Å². The number of aryl methyl sites for hydroxylation is 1. The number of amides is 1. The molecule has 0 spiro atoms. The van der Waals surface area contributed by atoms with Crippen molar-refractivity contribution >= 4 is 25.6 Å². The molecule has 20 heavy (non-hydrogen) atoms. The Kier molecular flexibility index (Phi) is 3.63. The maximum atomic E-state index is 12.3. The van der Waals surface area contributed by atoms with Crippen molar-refractivity contribution in [1.82, 2.24) is 5.32 Å². The standard InChI is InChI=1S/C14H18ClNO3S/c1-8-5-10(20(15,18)19)6-11(9(8)2)13(17)16-12-7-14(12,3)4/h5-6,12H,7H2,1-4H3,(H,16,17). The molecule has 0 aromatic heterocycles. The molecular formula is C14H18ClNO3S. The summed E-state index contributed by atoms with van der Waals surface area (Å²) in [7, 11) is 1.52. The Bertz CT molecular complexity index is 680. The van der Waals surface area contributed by atoms with E-state index in [1.807, 2.05) is 0 Å². The highest BCUT2D eigenvalue weighted by atomic mass is 35.7. The monoisotopic (exact) mass is 315 g/mol. The smallest absolute Gasteiger partial charge is 0.261 e. The highest BCUT2D eigenvalue weighted by Gasteiger charge is 2.46. The van der Waals surface area contributed by atoms with Gasteiger partial charge in [0.2, 0.25) is 0 Å². The van der Waals surface area contributed by atoms with Crippen molar-refractivity contribution in [3.63, 3.8) is 0 Å². The van der Waals surface area contributed by atoms with E-state index in [9.17, 15) is 13.2 Å². The molecule has 0 radical (unpaired) electrons. The van der Waals surface area contributed by atoms with E-state index in [1.54, 1.807) is 13.8 Å². The van der Waals surface area contributed by atoms with Gasteiger partial charge in [0, 0.05) is 22.3 Å². The molecule has 1 aliphatic carbocycles. The predicted molar refractivity (Wildman–Crippen MR) is 78.6 cm³/mol. The second-order valence-corrected chi connectivity index (χ2v) is 8.64. The van der Waals surface area contributed by atoms with Crippen LogP contribution in [0.1, 0.15) is 41.8 Å². The first kappa shape index (κ1) is 15.3. The van der Waals surface area contributed by atoms with Crippen molar-refractivity contribution in [2.24, 2.45) is 5.41 Å². The molecule has 0 bridgehead atoms. The first-order chi connectivity index (χ1) is 9.02. The summed E-state index contributed by atoms with van der Waals surface area (Å²) in [6, 6.07) is 2.97. The van der Waals surface area contributed by atoms with Crippen molar-refractivity contribution in [3.8, 4) is 0 Å². The summed E-state index contributed by atoms with van der Waals surface area (Å²) in [5.74, 6) is -0.247. The van der Waals surface area contributed by atoms with E-state index >= 15 is 0 Å². The van der Waals surface area contributed by atoms with Gasteiger partial charge in [-0.3, -0.25) is 4.79 Å². The lowest BCUT2D eigenvalue weighted by molar-refractivity contribution is 0.0945. The van der Waals surface area contributed by atoms with Gasteiger partial charge in [0.05, 0.1) is 4.90 Å². The zero-order chi connectivity index (χ0) is 15.3. The molecule has 1 unspecified atom stereocenters. The summed E-state index contributed by atoms with van der Waals surface area (Å²) in [6.45, 7) is 7.72. The van der Waals surface area contributed by atoms with Crippen LogP contribution in [0.2, 0.25) is 0 Å². The molecule has 1 atom stereocenters. The molecule has 2 rings (SSSR count). The van der Waals surface area contributed by atoms with E-state index < -0.39 is 9.05 Å². The zero-order valence-electron chi connectivity index (χ0n) is 12.0. The normalized spacial score (nSPS) is 20.6. The molecule has 4 nitrogen and oxygen atoms in total. The number of hydrogen-bond donors (Lipinski definition) is 1. The van der Waals surface area contributed by atoms with E-state index in [1.165, 1.54) is 12.1 Å². The SMILES string of the molecule is Cc1cc(S(=O)(=O)Cl)cc(C(=O)NC2CC2(C)C)c1C. The molecule has 1 aromatic rings. The van der Waals surface area contributed by atoms with Gasteiger partial charge in [-0.15, -0.1) is 0 Å². The van der Waals surface area contributed by atoms with Crippen molar-refractivity contribution in [2.75, 3.05) is 0 Å². The second kappa shape index (κ2) is 4.74. The topological polar surface area (TPSA) is 63.2 Å². The molecule has 1 amide bonds. The van der Waals surface area contributed by atoms with Gasteiger partial charge in [0.25, 0.3) is 15.0 Å². The van der Waals surface area contributed by atoms with E-state index in [-0.39, 0.29) is 22.3 Å². The number of halogens is 1. The molecular weight excluding hydrogens is 298 g/mol. The lowest BCUT2D eigenvalue weighted by Gasteiger charge is -2.12. The van der Waals surface area contributed by atoms with Crippen LogP contribution in [-0.4, -0.2) is 20.4 Å². The third-order valence-corrected chi connectivity index (χ3v) is 5.32. The highest BCUT2D eigenvalue weighted by molar-refractivity contribution is 8.13. The van der Waals surface area contributed by atoms with Gasteiger partial charge in [-0.25, -0.2) is 8.42 Å². The molecule has 1 saturated carbocycles. The Morgan fingerprint density at radius 2 is 1.90 bits per heavy atom. The van der Waals surface area contributed by atoms with Crippen LogP contribution in [0.3, 0.4) is 0 Å². The Morgan fingerprint density at radius 3 is 2.35 bits per heavy atom.